The van der Waals surface area contributed by atoms with Gasteiger partial charge in [-0.25, -0.2) is 0 Å². The zero-order valence-electron chi connectivity index (χ0n) is 11.8. The summed E-state index contributed by atoms with van der Waals surface area (Å²) in [6, 6.07) is 0.472. The average Bonchev–Trinajstić information content (AvgIpc) is 2.37. The molecule has 3 heteroatoms. The normalized spacial score (nSPS) is 12.9. The van der Waals surface area contributed by atoms with Crippen LogP contribution in [0.15, 0.2) is 12.7 Å². The number of hydrazine groups is 1. The number of nitrogens with zero attached hydrogens (tertiary/aromatic N) is 1. The summed E-state index contributed by atoms with van der Waals surface area (Å²) in [7, 11) is 0. The van der Waals surface area contributed by atoms with Crippen LogP contribution in [0.4, 0.5) is 0 Å². The van der Waals surface area contributed by atoms with Crippen molar-refractivity contribution in [3.63, 3.8) is 0 Å². The van der Waals surface area contributed by atoms with Crippen molar-refractivity contribution < 1.29 is 0 Å². The van der Waals surface area contributed by atoms with Crippen LogP contribution < -0.4 is 11.3 Å². The smallest absolute Gasteiger partial charge is 0.0222 e. The topological polar surface area (TPSA) is 41.3 Å². The fourth-order valence-corrected chi connectivity index (χ4v) is 2.05. The predicted octanol–water partition coefficient (Wildman–Crippen LogP) is 2.69. The molecule has 0 amide bonds. The Bertz CT molecular complexity index is 167. The van der Waals surface area contributed by atoms with Gasteiger partial charge < -0.3 is 4.90 Å². The predicted molar refractivity (Wildman–Crippen MR) is 76.8 cm³/mol. The highest BCUT2D eigenvalue weighted by atomic mass is 15.2. The summed E-state index contributed by atoms with van der Waals surface area (Å²) in [5.74, 6) is 5.60. The van der Waals surface area contributed by atoms with Gasteiger partial charge in [0.1, 0.15) is 0 Å². The number of hydrogen-bond acceptors (Lipinski definition) is 3. The molecule has 0 aliphatic rings. The van der Waals surface area contributed by atoms with Crippen molar-refractivity contribution in [1.82, 2.24) is 10.3 Å². The van der Waals surface area contributed by atoms with Crippen LogP contribution in [-0.2, 0) is 0 Å². The van der Waals surface area contributed by atoms with E-state index in [1.807, 2.05) is 6.08 Å². The van der Waals surface area contributed by atoms with Crippen LogP contribution in [0.3, 0.4) is 0 Å². The summed E-state index contributed by atoms with van der Waals surface area (Å²) in [5.41, 5.74) is 2.95. The first kappa shape index (κ1) is 16.6. The molecule has 0 aliphatic carbocycles. The van der Waals surface area contributed by atoms with Gasteiger partial charge in [-0.1, -0.05) is 32.8 Å². The van der Waals surface area contributed by atoms with Gasteiger partial charge in [-0.2, -0.15) is 0 Å². The van der Waals surface area contributed by atoms with Gasteiger partial charge in [0.2, 0.25) is 0 Å². The number of allylic oxidation sites excluding steroid dienone is 1. The zero-order chi connectivity index (χ0) is 12.9. The van der Waals surface area contributed by atoms with Crippen molar-refractivity contribution in [3.8, 4) is 0 Å². The lowest BCUT2D eigenvalue weighted by Gasteiger charge is -2.22. The van der Waals surface area contributed by atoms with Gasteiger partial charge in [-0.15, -0.1) is 6.58 Å². The Morgan fingerprint density at radius 1 is 1.18 bits per heavy atom. The molecule has 17 heavy (non-hydrogen) atoms. The third kappa shape index (κ3) is 9.33. The Morgan fingerprint density at radius 2 is 1.88 bits per heavy atom. The van der Waals surface area contributed by atoms with Gasteiger partial charge in [0, 0.05) is 6.04 Å². The molecule has 3 nitrogen and oxygen atoms in total. The SMILES string of the molecule is C=CCCCCCC(CCN(CC)CC)NN. The van der Waals surface area contributed by atoms with Gasteiger partial charge in [-0.05, 0) is 45.3 Å². The molecular formula is C14H31N3. The van der Waals surface area contributed by atoms with Gasteiger partial charge in [0.05, 0.1) is 0 Å². The minimum atomic E-state index is 0.472. The van der Waals surface area contributed by atoms with E-state index in [2.05, 4.69) is 30.8 Å². The summed E-state index contributed by atoms with van der Waals surface area (Å²) in [6.07, 6.45) is 9.29. The van der Waals surface area contributed by atoms with Gasteiger partial charge in [-0.3, -0.25) is 11.3 Å². The van der Waals surface area contributed by atoms with Gasteiger partial charge in [0.15, 0.2) is 0 Å². The minimum Gasteiger partial charge on any atom is -0.304 e. The highest BCUT2D eigenvalue weighted by Gasteiger charge is 2.08. The lowest BCUT2D eigenvalue weighted by molar-refractivity contribution is 0.276. The standard InChI is InChI=1S/C14H31N3/c1-4-7-8-9-10-11-14(16-15)12-13-17(5-2)6-3/h4,14,16H,1,5-13,15H2,2-3H3. The molecule has 0 saturated heterocycles. The van der Waals surface area contributed by atoms with E-state index in [4.69, 9.17) is 5.84 Å². The van der Waals surface area contributed by atoms with E-state index in [1.165, 1.54) is 25.7 Å². The Balaban J connectivity index is 3.57. The number of unbranched alkanes of at least 4 members (excludes halogenated alkanes) is 3. The van der Waals surface area contributed by atoms with E-state index in [0.717, 1.165) is 32.5 Å². The summed E-state index contributed by atoms with van der Waals surface area (Å²) in [6.45, 7) is 11.6. The third-order valence-electron chi connectivity index (χ3n) is 3.38. The van der Waals surface area contributed by atoms with Crippen LogP contribution in [0, 0.1) is 0 Å². The van der Waals surface area contributed by atoms with E-state index < -0.39 is 0 Å². The summed E-state index contributed by atoms with van der Waals surface area (Å²) in [4.78, 5) is 2.45. The van der Waals surface area contributed by atoms with E-state index in [0.29, 0.717) is 6.04 Å². The molecule has 0 aromatic heterocycles. The fourth-order valence-electron chi connectivity index (χ4n) is 2.05. The molecule has 0 aromatic carbocycles. The maximum atomic E-state index is 5.60. The number of nitrogens with two attached hydrogens (primary N) is 1. The second kappa shape index (κ2) is 12.1. The van der Waals surface area contributed by atoms with Crippen molar-refractivity contribution in [1.29, 1.82) is 0 Å². The Kier molecular flexibility index (Phi) is 11.8. The van der Waals surface area contributed by atoms with Gasteiger partial charge in [0.25, 0.3) is 0 Å². The maximum absolute atomic E-state index is 5.60. The first-order valence-electron chi connectivity index (χ1n) is 7.07. The lowest BCUT2D eigenvalue weighted by Crippen LogP contribution is -2.38. The molecule has 0 bridgehead atoms. The van der Waals surface area contributed by atoms with Crippen molar-refractivity contribution in [2.75, 3.05) is 19.6 Å². The van der Waals surface area contributed by atoms with Crippen LogP contribution in [-0.4, -0.2) is 30.6 Å². The highest BCUT2D eigenvalue weighted by Crippen LogP contribution is 2.08. The Labute approximate surface area is 107 Å². The molecular weight excluding hydrogens is 210 g/mol. The van der Waals surface area contributed by atoms with E-state index >= 15 is 0 Å². The summed E-state index contributed by atoms with van der Waals surface area (Å²) < 4.78 is 0. The van der Waals surface area contributed by atoms with Crippen molar-refractivity contribution in [2.45, 2.75) is 58.4 Å². The summed E-state index contributed by atoms with van der Waals surface area (Å²) >= 11 is 0. The van der Waals surface area contributed by atoms with Gasteiger partial charge >= 0.3 is 0 Å². The molecule has 1 atom stereocenters. The molecule has 0 aliphatic heterocycles. The molecule has 1 unspecified atom stereocenters. The second-order valence-electron chi connectivity index (χ2n) is 4.61. The van der Waals surface area contributed by atoms with Crippen molar-refractivity contribution in [3.05, 3.63) is 12.7 Å². The second-order valence-corrected chi connectivity index (χ2v) is 4.61. The fraction of sp³-hybridized carbons (Fsp3) is 0.857. The quantitative estimate of drug-likeness (QED) is 0.239. The Hall–Kier alpha value is -0.380. The zero-order valence-corrected chi connectivity index (χ0v) is 11.8. The van der Waals surface area contributed by atoms with E-state index in [-0.39, 0.29) is 0 Å². The van der Waals surface area contributed by atoms with E-state index in [9.17, 15) is 0 Å². The molecule has 0 rings (SSSR count). The molecule has 3 N–H and O–H groups in total. The average molecular weight is 241 g/mol. The molecule has 0 aromatic rings. The Morgan fingerprint density at radius 3 is 2.41 bits per heavy atom. The van der Waals surface area contributed by atoms with Crippen molar-refractivity contribution in [2.24, 2.45) is 5.84 Å². The first-order valence-corrected chi connectivity index (χ1v) is 7.07. The number of nitrogens with one attached hydrogen (secondary N) is 1. The van der Waals surface area contributed by atoms with Crippen LogP contribution >= 0.6 is 0 Å². The molecule has 0 saturated carbocycles. The highest BCUT2D eigenvalue weighted by molar-refractivity contribution is 4.68. The summed E-state index contributed by atoms with van der Waals surface area (Å²) in [5, 5.41) is 0. The third-order valence-corrected chi connectivity index (χ3v) is 3.38. The maximum Gasteiger partial charge on any atom is 0.0222 e. The van der Waals surface area contributed by atoms with Crippen molar-refractivity contribution >= 4 is 0 Å². The number of hydrogen-bond donors (Lipinski definition) is 2. The van der Waals surface area contributed by atoms with Crippen LogP contribution in [0.1, 0.15) is 52.4 Å². The monoisotopic (exact) mass is 241 g/mol. The van der Waals surface area contributed by atoms with Crippen LogP contribution in [0.5, 0.6) is 0 Å². The largest absolute Gasteiger partial charge is 0.304 e. The molecule has 0 radical (unpaired) electrons. The van der Waals surface area contributed by atoms with E-state index in [1.54, 1.807) is 0 Å². The number of rotatable bonds is 12. The molecule has 0 spiro atoms. The minimum absolute atomic E-state index is 0.472. The van der Waals surface area contributed by atoms with Crippen LogP contribution in [0.25, 0.3) is 0 Å². The molecule has 0 fully saturated rings. The lowest BCUT2D eigenvalue weighted by atomic mass is 10.0. The molecule has 102 valence electrons. The first-order chi connectivity index (χ1) is 8.28. The van der Waals surface area contributed by atoms with Crippen LogP contribution in [0.2, 0.25) is 0 Å². The molecule has 0 heterocycles.